The summed E-state index contributed by atoms with van der Waals surface area (Å²) >= 11 is 16.0. The standard InChI is InChI=1S/C19H22BrCl2NO4/c1-25-18-9-13(11-23-5-7-26-8-6-24)15(20)10-19(18)27-12-14-16(21)3-2-4-17(14)22/h2-4,9-10,23-24H,5-8,11-12H2,1H3. The lowest BCUT2D eigenvalue weighted by Crippen LogP contribution is -2.20. The molecule has 5 nitrogen and oxygen atoms in total. The average molecular weight is 479 g/mol. The van der Waals surface area contributed by atoms with Gasteiger partial charge < -0.3 is 24.6 Å². The van der Waals surface area contributed by atoms with Crippen LogP contribution in [0, 0.1) is 0 Å². The lowest BCUT2D eigenvalue weighted by atomic mass is 10.2. The minimum atomic E-state index is 0.0314. The topological polar surface area (TPSA) is 60.0 Å². The fraction of sp³-hybridized carbons (Fsp3) is 0.368. The van der Waals surface area contributed by atoms with Crippen LogP contribution < -0.4 is 14.8 Å². The Labute approximate surface area is 177 Å². The molecule has 0 aliphatic carbocycles. The van der Waals surface area contributed by atoms with E-state index in [1.54, 1.807) is 25.3 Å². The number of hydrogen-bond acceptors (Lipinski definition) is 5. The third kappa shape index (κ3) is 6.82. The normalized spacial score (nSPS) is 10.9. The molecule has 0 saturated heterocycles. The molecule has 0 unspecified atom stereocenters. The van der Waals surface area contributed by atoms with E-state index in [4.69, 9.17) is 42.5 Å². The van der Waals surface area contributed by atoms with E-state index in [0.29, 0.717) is 47.8 Å². The van der Waals surface area contributed by atoms with Crippen LogP contribution in [0.4, 0.5) is 0 Å². The lowest BCUT2D eigenvalue weighted by Gasteiger charge is -2.15. The zero-order valence-corrected chi connectivity index (χ0v) is 18.0. The summed E-state index contributed by atoms with van der Waals surface area (Å²) in [6, 6.07) is 9.12. The van der Waals surface area contributed by atoms with Crippen molar-refractivity contribution in [3.8, 4) is 11.5 Å². The minimum Gasteiger partial charge on any atom is -0.493 e. The summed E-state index contributed by atoms with van der Waals surface area (Å²) in [6.45, 7) is 2.47. The quantitative estimate of drug-likeness (QED) is 0.467. The van der Waals surface area contributed by atoms with Crippen molar-refractivity contribution in [1.29, 1.82) is 0 Å². The molecule has 8 heteroatoms. The molecule has 0 aliphatic rings. The molecule has 2 aromatic carbocycles. The summed E-state index contributed by atoms with van der Waals surface area (Å²) in [5.41, 5.74) is 1.75. The fourth-order valence-electron chi connectivity index (χ4n) is 2.34. The van der Waals surface area contributed by atoms with E-state index in [0.717, 1.165) is 15.6 Å². The molecule has 0 saturated carbocycles. The van der Waals surface area contributed by atoms with Crippen molar-refractivity contribution in [1.82, 2.24) is 5.32 Å². The van der Waals surface area contributed by atoms with Gasteiger partial charge in [0.25, 0.3) is 0 Å². The van der Waals surface area contributed by atoms with Crippen LogP contribution in [0.1, 0.15) is 11.1 Å². The Morgan fingerprint density at radius 2 is 1.85 bits per heavy atom. The Balaban J connectivity index is 2.00. The molecule has 0 fully saturated rings. The molecule has 27 heavy (non-hydrogen) atoms. The van der Waals surface area contributed by atoms with Gasteiger partial charge >= 0.3 is 0 Å². The van der Waals surface area contributed by atoms with Gasteiger partial charge in [0.1, 0.15) is 6.61 Å². The second kappa shape index (κ2) is 11.7. The number of hydrogen-bond donors (Lipinski definition) is 2. The smallest absolute Gasteiger partial charge is 0.162 e. The maximum atomic E-state index is 8.68. The van der Waals surface area contributed by atoms with Gasteiger partial charge in [0.05, 0.1) is 26.9 Å². The lowest BCUT2D eigenvalue weighted by molar-refractivity contribution is 0.0938. The molecule has 2 N–H and O–H groups in total. The molecular formula is C19H22BrCl2NO4. The van der Waals surface area contributed by atoms with Crippen LogP contribution in [0.3, 0.4) is 0 Å². The van der Waals surface area contributed by atoms with Crippen LogP contribution in [0.15, 0.2) is 34.8 Å². The van der Waals surface area contributed by atoms with Gasteiger partial charge in [-0.2, -0.15) is 0 Å². The van der Waals surface area contributed by atoms with Gasteiger partial charge in [-0.1, -0.05) is 45.2 Å². The van der Waals surface area contributed by atoms with Gasteiger partial charge in [-0.05, 0) is 29.8 Å². The molecule has 0 atom stereocenters. The Bertz CT molecular complexity index is 726. The first kappa shape index (κ1) is 22.3. The number of rotatable bonds is 11. The Hall–Kier alpha value is -1.02. The van der Waals surface area contributed by atoms with Gasteiger partial charge in [0.15, 0.2) is 11.5 Å². The van der Waals surface area contributed by atoms with Gasteiger partial charge in [0.2, 0.25) is 0 Å². The fourth-order valence-corrected chi connectivity index (χ4v) is 3.31. The van der Waals surface area contributed by atoms with Gasteiger partial charge in [-0.15, -0.1) is 0 Å². The van der Waals surface area contributed by atoms with Crippen LogP contribution in [-0.2, 0) is 17.9 Å². The molecule has 0 spiro atoms. The summed E-state index contributed by atoms with van der Waals surface area (Å²) in [5, 5.41) is 13.1. The van der Waals surface area contributed by atoms with Crippen molar-refractivity contribution < 1.29 is 19.3 Å². The Kier molecular flexibility index (Phi) is 9.68. The highest BCUT2D eigenvalue weighted by Crippen LogP contribution is 2.35. The molecule has 0 heterocycles. The van der Waals surface area contributed by atoms with E-state index in [2.05, 4.69) is 21.2 Å². The number of benzene rings is 2. The second-order valence-electron chi connectivity index (χ2n) is 5.60. The van der Waals surface area contributed by atoms with E-state index in [1.807, 2.05) is 12.1 Å². The van der Waals surface area contributed by atoms with Crippen molar-refractivity contribution >= 4 is 39.1 Å². The van der Waals surface area contributed by atoms with Crippen LogP contribution in [-0.4, -0.2) is 38.6 Å². The predicted octanol–water partition coefficient (Wildman–Crippen LogP) is 4.44. The maximum absolute atomic E-state index is 8.68. The van der Waals surface area contributed by atoms with Gasteiger partial charge in [-0.3, -0.25) is 0 Å². The van der Waals surface area contributed by atoms with Crippen LogP contribution in [0.2, 0.25) is 10.0 Å². The SMILES string of the molecule is COc1cc(CNCCOCCO)c(Br)cc1OCc1c(Cl)cccc1Cl. The third-order valence-electron chi connectivity index (χ3n) is 3.74. The highest BCUT2D eigenvalue weighted by molar-refractivity contribution is 9.10. The number of methoxy groups -OCH3 is 1. The summed E-state index contributed by atoms with van der Waals surface area (Å²) in [7, 11) is 1.60. The van der Waals surface area contributed by atoms with Crippen molar-refractivity contribution in [2.24, 2.45) is 0 Å². The molecule has 2 rings (SSSR count). The maximum Gasteiger partial charge on any atom is 0.162 e. The Morgan fingerprint density at radius 1 is 1.11 bits per heavy atom. The number of halogens is 3. The number of aliphatic hydroxyl groups is 1. The van der Waals surface area contributed by atoms with Crippen LogP contribution in [0.25, 0.3) is 0 Å². The van der Waals surface area contributed by atoms with Crippen molar-refractivity contribution in [2.75, 3.05) is 33.5 Å². The highest BCUT2D eigenvalue weighted by Gasteiger charge is 2.12. The molecule has 0 aliphatic heterocycles. The van der Waals surface area contributed by atoms with Crippen LogP contribution in [0.5, 0.6) is 11.5 Å². The molecule has 2 aromatic rings. The Morgan fingerprint density at radius 3 is 2.52 bits per heavy atom. The van der Waals surface area contributed by atoms with Crippen molar-refractivity contribution in [3.05, 3.63) is 56.0 Å². The van der Waals surface area contributed by atoms with E-state index < -0.39 is 0 Å². The summed E-state index contributed by atoms with van der Waals surface area (Å²) in [6.07, 6.45) is 0. The molecular weight excluding hydrogens is 457 g/mol. The summed E-state index contributed by atoms with van der Waals surface area (Å²) < 4.78 is 17.5. The van der Waals surface area contributed by atoms with Gasteiger partial charge in [-0.25, -0.2) is 0 Å². The first-order chi connectivity index (χ1) is 13.1. The molecule has 0 amide bonds. The van der Waals surface area contributed by atoms with Crippen molar-refractivity contribution in [2.45, 2.75) is 13.2 Å². The van der Waals surface area contributed by atoms with Crippen LogP contribution >= 0.6 is 39.1 Å². The summed E-state index contributed by atoms with van der Waals surface area (Å²) in [5.74, 6) is 1.21. The first-order valence-electron chi connectivity index (χ1n) is 8.38. The minimum absolute atomic E-state index is 0.0314. The summed E-state index contributed by atoms with van der Waals surface area (Å²) in [4.78, 5) is 0. The van der Waals surface area contributed by atoms with E-state index >= 15 is 0 Å². The molecule has 0 aromatic heterocycles. The van der Waals surface area contributed by atoms with E-state index in [-0.39, 0.29) is 13.2 Å². The molecule has 148 valence electrons. The van der Waals surface area contributed by atoms with E-state index in [1.165, 1.54) is 0 Å². The second-order valence-corrected chi connectivity index (χ2v) is 7.26. The zero-order chi connectivity index (χ0) is 19.6. The average Bonchev–Trinajstić information content (AvgIpc) is 2.65. The predicted molar refractivity (Wildman–Crippen MR) is 111 cm³/mol. The number of ether oxygens (including phenoxy) is 3. The molecule has 0 bridgehead atoms. The van der Waals surface area contributed by atoms with Gasteiger partial charge in [0, 0.05) is 33.2 Å². The largest absolute Gasteiger partial charge is 0.493 e. The number of aliphatic hydroxyl groups excluding tert-OH is 1. The first-order valence-corrected chi connectivity index (χ1v) is 9.93. The van der Waals surface area contributed by atoms with Crippen molar-refractivity contribution in [3.63, 3.8) is 0 Å². The zero-order valence-electron chi connectivity index (χ0n) is 14.9. The third-order valence-corrected chi connectivity index (χ3v) is 5.19. The monoisotopic (exact) mass is 477 g/mol. The van der Waals surface area contributed by atoms with E-state index in [9.17, 15) is 0 Å². The molecule has 0 radical (unpaired) electrons. The number of nitrogens with one attached hydrogen (secondary N) is 1. The highest BCUT2D eigenvalue weighted by atomic mass is 79.9.